The molecule has 3 heteroatoms. The Labute approximate surface area is 77.7 Å². The van der Waals surface area contributed by atoms with Crippen molar-refractivity contribution in [3.8, 4) is 0 Å². The first-order valence-electron chi connectivity index (χ1n) is 5.29. The molecule has 13 heavy (non-hydrogen) atoms. The van der Waals surface area contributed by atoms with Gasteiger partial charge in [0.1, 0.15) is 0 Å². The lowest BCUT2D eigenvalue weighted by atomic mass is 9.69. The van der Waals surface area contributed by atoms with Crippen molar-refractivity contribution >= 4 is 0 Å². The monoisotopic (exact) mass is 184 g/mol. The van der Waals surface area contributed by atoms with E-state index in [0.29, 0.717) is 11.8 Å². The Bertz CT molecular complexity index is 218. The van der Waals surface area contributed by atoms with E-state index in [2.05, 4.69) is 0 Å². The van der Waals surface area contributed by atoms with E-state index in [1.54, 1.807) is 0 Å². The molecule has 0 aromatic heterocycles. The first kappa shape index (κ1) is 8.21. The molecule has 0 amide bonds. The zero-order valence-corrected chi connectivity index (χ0v) is 7.60. The van der Waals surface area contributed by atoms with Gasteiger partial charge in [-0.3, -0.25) is 0 Å². The van der Waals surface area contributed by atoms with E-state index in [9.17, 15) is 10.2 Å². The Kier molecular flexibility index (Phi) is 1.70. The van der Waals surface area contributed by atoms with Crippen molar-refractivity contribution in [2.45, 2.75) is 50.1 Å². The highest BCUT2D eigenvalue weighted by molar-refractivity contribution is 5.04. The van der Waals surface area contributed by atoms with E-state index in [0.717, 1.165) is 25.7 Å². The largest absolute Gasteiger partial charge is 0.393 e. The summed E-state index contributed by atoms with van der Waals surface area (Å²) in [6, 6.07) is 0. The topological polar surface area (TPSA) is 49.7 Å². The summed E-state index contributed by atoms with van der Waals surface area (Å²) in [5, 5.41) is 19.5. The fourth-order valence-corrected chi connectivity index (χ4v) is 3.49. The molecule has 2 heterocycles. The van der Waals surface area contributed by atoms with Gasteiger partial charge in [0.25, 0.3) is 0 Å². The summed E-state index contributed by atoms with van der Waals surface area (Å²) in [7, 11) is 0. The lowest BCUT2D eigenvalue weighted by molar-refractivity contribution is -0.00440. The summed E-state index contributed by atoms with van der Waals surface area (Å²) in [4.78, 5) is 0. The molecule has 2 saturated heterocycles. The Morgan fingerprint density at radius 2 is 1.92 bits per heavy atom. The standard InChI is InChI=1S/C10H16O3/c11-6-3-1-2-5-9(6)8-4-7(12)10(5)13-8/h5-12H,1-4H2. The number of fused-ring (bicyclic) bond motifs is 5. The number of rotatable bonds is 0. The van der Waals surface area contributed by atoms with Gasteiger partial charge in [-0.15, -0.1) is 0 Å². The molecule has 2 N–H and O–H groups in total. The molecule has 3 rings (SSSR count). The second-order valence-electron chi connectivity index (χ2n) is 4.68. The third kappa shape index (κ3) is 1.01. The Morgan fingerprint density at radius 3 is 2.77 bits per heavy atom. The van der Waals surface area contributed by atoms with Crippen LogP contribution in [0.5, 0.6) is 0 Å². The van der Waals surface area contributed by atoms with Gasteiger partial charge in [-0.05, 0) is 18.8 Å². The average Bonchev–Trinajstić information content (AvgIpc) is 2.61. The fraction of sp³-hybridized carbons (Fsp3) is 1.00. The van der Waals surface area contributed by atoms with Crippen molar-refractivity contribution in [2.24, 2.45) is 11.8 Å². The van der Waals surface area contributed by atoms with E-state index >= 15 is 0 Å². The van der Waals surface area contributed by atoms with Crippen LogP contribution in [0.4, 0.5) is 0 Å². The molecular weight excluding hydrogens is 168 g/mol. The van der Waals surface area contributed by atoms with Crippen LogP contribution in [0.1, 0.15) is 25.7 Å². The summed E-state index contributed by atoms with van der Waals surface area (Å²) in [6.07, 6.45) is 3.59. The van der Waals surface area contributed by atoms with Gasteiger partial charge >= 0.3 is 0 Å². The molecule has 3 fully saturated rings. The first-order chi connectivity index (χ1) is 6.27. The molecule has 2 bridgehead atoms. The van der Waals surface area contributed by atoms with E-state index in [-0.39, 0.29) is 24.4 Å². The summed E-state index contributed by atoms with van der Waals surface area (Å²) in [5.74, 6) is 0.750. The van der Waals surface area contributed by atoms with Gasteiger partial charge < -0.3 is 14.9 Å². The second kappa shape index (κ2) is 2.69. The van der Waals surface area contributed by atoms with E-state index in [1.807, 2.05) is 0 Å². The zero-order chi connectivity index (χ0) is 9.00. The minimum Gasteiger partial charge on any atom is -0.393 e. The van der Waals surface area contributed by atoms with Gasteiger partial charge in [-0.1, -0.05) is 6.42 Å². The number of aliphatic hydroxyl groups excluding tert-OH is 2. The van der Waals surface area contributed by atoms with Crippen molar-refractivity contribution in [1.82, 2.24) is 0 Å². The molecule has 6 unspecified atom stereocenters. The highest BCUT2D eigenvalue weighted by atomic mass is 16.5. The molecular formula is C10H16O3. The molecule has 3 nitrogen and oxygen atoms in total. The van der Waals surface area contributed by atoms with Crippen LogP contribution in [0.25, 0.3) is 0 Å². The summed E-state index contributed by atoms with van der Waals surface area (Å²) in [6.45, 7) is 0. The van der Waals surface area contributed by atoms with Crippen LogP contribution in [0.2, 0.25) is 0 Å². The van der Waals surface area contributed by atoms with E-state index in [1.165, 1.54) is 0 Å². The highest BCUT2D eigenvalue weighted by Gasteiger charge is 2.56. The molecule has 0 spiro atoms. The number of aliphatic hydroxyl groups is 2. The summed E-state index contributed by atoms with van der Waals surface area (Å²) < 4.78 is 5.69. The van der Waals surface area contributed by atoms with Gasteiger partial charge in [0.2, 0.25) is 0 Å². The predicted octanol–water partition coefficient (Wildman–Crippen LogP) is 0.296. The number of hydrogen-bond acceptors (Lipinski definition) is 3. The van der Waals surface area contributed by atoms with Crippen molar-refractivity contribution in [3.63, 3.8) is 0 Å². The van der Waals surface area contributed by atoms with Crippen LogP contribution in [0, 0.1) is 11.8 Å². The van der Waals surface area contributed by atoms with Gasteiger partial charge in [-0.25, -0.2) is 0 Å². The van der Waals surface area contributed by atoms with E-state index < -0.39 is 0 Å². The molecule has 3 aliphatic rings. The Hall–Kier alpha value is -0.120. The number of hydrogen-bond donors (Lipinski definition) is 2. The summed E-state index contributed by atoms with van der Waals surface area (Å²) in [5.41, 5.74) is 0. The molecule has 0 radical (unpaired) electrons. The van der Waals surface area contributed by atoms with Crippen LogP contribution in [-0.2, 0) is 4.74 Å². The third-order valence-corrected chi connectivity index (χ3v) is 4.01. The zero-order valence-electron chi connectivity index (χ0n) is 7.60. The lowest BCUT2D eigenvalue weighted by Gasteiger charge is -2.37. The molecule has 1 aliphatic carbocycles. The third-order valence-electron chi connectivity index (χ3n) is 4.01. The van der Waals surface area contributed by atoms with Gasteiger partial charge in [0.15, 0.2) is 0 Å². The molecule has 0 aromatic rings. The molecule has 2 aliphatic heterocycles. The summed E-state index contributed by atoms with van der Waals surface area (Å²) >= 11 is 0. The highest BCUT2D eigenvalue weighted by Crippen LogP contribution is 2.50. The maximum absolute atomic E-state index is 9.83. The van der Waals surface area contributed by atoms with Gasteiger partial charge in [-0.2, -0.15) is 0 Å². The molecule has 74 valence electrons. The minimum absolute atomic E-state index is 0.0324. The lowest BCUT2D eigenvalue weighted by Crippen LogP contribution is -2.44. The molecule has 6 atom stereocenters. The molecule has 1 saturated carbocycles. The van der Waals surface area contributed by atoms with Crippen LogP contribution in [-0.4, -0.2) is 34.6 Å². The van der Waals surface area contributed by atoms with Crippen molar-refractivity contribution < 1.29 is 14.9 Å². The second-order valence-corrected chi connectivity index (χ2v) is 4.68. The van der Waals surface area contributed by atoms with Gasteiger partial charge in [0.05, 0.1) is 24.4 Å². The average molecular weight is 184 g/mol. The predicted molar refractivity (Wildman–Crippen MR) is 46.1 cm³/mol. The van der Waals surface area contributed by atoms with Crippen LogP contribution in [0.3, 0.4) is 0 Å². The van der Waals surface area contributed by atoms with Crippen molar-refractivity contribution in [1.29, 1.82) is 0 Å². The normalized spacial score (nSPS) is 59.5. The maximum Gasteiger partial charge on any atom is 0.0871 e. The maximum atomic E-state index is 9.83. The number of ether oxygens (including phenoxy) is 1. The van der Waals surface area contributed by atoms with Crippen molar-refractivity contribution in [2.75, 3.05) is 0 Å². The smallest absolute Gasteiger partial charge is 0.0871 e. The van der Waals surface area contributed by atoms with Crippen LogP contribution in [0.15, 0.2) is 0 Å². The first-order valence-corrected chi connectivity index (χ1v) is 5.29. The van der Waals surface area contributed by atoms with Crippen molar-refractivity contribution in [3.05, 3.63) is 0 Å². The molecule has 0 aromatic carbocycles. The fourth-order valence-electron chi connectivity index (χ4n) is 3.49. The SMILES string of the molecule is OC1CC2OC1C1CCCC(O)C21. The minimum atomic E-state index is -0.267. The quantitative estimate of drug-likeness (QED) is 0.569. The van der Waals surface area contributed by atoms with Crippen LogP contribution < -0.4 is 0 Å². The van der Waals surface area contributed by atoms with Gasteiger partial charge in [0, 0.05) is 12.3 Å². The van der Waals surface area contributed by atoms with Crippen LogP contribution >= 0.6 is 0 Å². The Morgan fingerprint density at radius 1 is 1.08 bits per heavy atom. The van der Waals surface area contributed by atoms with E-state index in [4.69, 9.17) is 4.74 Å². The Balaban J connectivity index is 1.86.